The van der Waals surface area contributed by atoms with E-state index >= 15 is 0 Å². The first-order valence-electron chi connectivity index (χ1n) is 6.80. The maximum absolute atomic E-state index is 12.7. The third-order valence-electron chi connectivity index (χ3n) is 3.47. The minimum absolute atomic E-state index is 0.212. The minimum atomic E-state index is -3.65. The van der Waals surface area contributed by atoms with Crippen molar-refractivity contribution in [3.05, 3.63) is 23.8 Å². The lowest BCUT2D eigenvalue weighted by molar-refractivity contribution is -0.120. The second-order valence-corrected chi connectivity index (χ2v) is 7.95. The fourth-order valence-electron chi connectivity index (χ4n) is 2.45. The maximum atomic E-state index is 12.7. The molecule has 3 heterocycles. The number of thiophene rings is 1. The zero-order valence-corrected chi connectivity index (χ0v) is 13.2. The number of hydrogen-bond acceptors (Lipinski definition) is 6. The van der Waals surface area contributed by atoms with Crippen LogP contribution in [0.15, 0.2) is 28.0 Å². The van der Waals surface area contributed by atoms with Crippen molar-refractivity contribution in [1.82, 2.24) is 19.5 Å². The molecular weight excluding hydrogens is 326 g/mol. The first-order chi connectivity index (χ1) is 10.6. The summed E-state index contributed by atoms with van der Waals surface area (Å²) in [6, 6.07) is 2.51. The van der Waals surface area contributed by atoms with E-state index in [4.69, 9.17) is 0 Å². The molecule has 1 atom stereocenters. The molecule has 22 heavy (non-hydrogen) atoms. The maximum Gasteiger partial charge on any atom is 0.253 e. The topological polar surface area (TPSA) is 108 Å². The minimum Gasteiger partial charge on any atom is -0.294 e. The number of sulfonamides is 1. The van der Waals surface area contributed by atoms with Gasteiger partial charge in [-0.25, -0.2) is 13.5 Å². The number of nitrogens with zero attached hydrogens (tertiary/aromatic N) is 3. The molecule has 0 aromatic carbocycles. The van der Waals surface area contributed by atoms with Gasteiger partial charge < -0.3 is 0 Å². The molecule has 2 aromatic heterocycles. The van der Waals surface area contributed by atoms with Crippen LogP contribution >= 0.6 is 11.3 Å². The molecule has 0 radical (unpaired) electrons. The number of amides is 1. The Morgan fingerprint density at radius 2 is 2.32 bits per heavy atom. The highest BCUT2D eigenvalue weighted by Crippen LogP contribution is 2.28. The molecule has 0 bridgehead atoms. The molecular formula is C12H15N5O3S2. The van der Waals surface area contributed by atoms with Crippen molar-refractivity contribution in [1.29, 1.82) is 0 Å². The molecule has 1 unspecified atom stereocenters. The predicted octanol–water partition coefficient (Wildman–Crippen LogP) is 1.05. The highest BCUT2D eigenvalue weighted by Gasteiger charge is 2.38. The van der Waals surface area contributed by atoms with Crippen LogP contribution in [0.3, 0.4) is 0 Å². The summed E-state index contributed by atoms with van der Waals surface area (Å²) >= 11 is 1.15. The van der Waals surface area contributed by atoms with Gasteiger partial charge in [-0.05, 0) is 24.3 Å². The molecule has 118 valence electrons. The van der Waals surface area contributed by atoms with Crippen molar-refractivity contribution in [2.24, 2.45) is 0 Å². The molecule has 1 aliphatic rings. The van der Waals surface area contributed by atoms with Crippen LogP contribution in [0.25, 0.3) is 0 Å². The lowest BCUT2D eigenvalue weighted by atomic mass is 10.0. The molecule has 10 heteroatoms. The summed E-state index contributed by atoms with van der Waals surface area (Å²) in [6.07, 6.45) is 3.32. The predicted molar refractivity (Wildman–Crippen MR) is 80.9 cm³/mol. The third-order valence-corrected chi connectivity index (χ3v) is 6.75. The molecule has 0 saturated carbocycles. The number of piperidine rings is 1. The fourth-order valence-corrected chi connectivity index (χ4v) is 5.22. The zero-order chi connectivity index (χ0) is 15.6. The number of hydrogen-bond donors (Lipinski definition) is 2. The lowest BCUT2D eigenvalue weighted by Crippen LogP contribution is -2.49. The second kappa shape index (κ2) is 6.15. The average molecular weight is 341 g/mol. The van der Waals surface area contributed by atoms with E-state index in [1.165, 1.54) is 10.6 Å². The van der Waals surface area contributed by atoms with E-state index in [9.17, 15) is 13.2 Å². The first kappa shape index (κ1) is 15.1. The molecule has 0 aliphatic carbocycles. The normalized spacial score (nSPS) is 19.9. The van der Waals surface area contributed by atoms with E-state index in [1.807, 2.05) is 0 Å². The van der Waals surface area contributed by atoms with Gasteiger partial charge in [-0.15, -0.1) is 11.3 Å². The average Bonchev–Trinajstić information content (AvgIpc) is 3.20. The van der Waals surface area contributed by atoms with Gasteiger partial charge in [0.25, 0.3) is 10.0 Å². The monoisotopic (exact) mass is 341 g/mol. The van der Waals surface area contributed by atoms with E-state index in [0.29, 0.717) is 13.0 Å². The number of aromatic nitrogens is 3. The highest BCUT2D eigenvalue weighted by molar-refractivity contribution is 7.91. The third kappa shape index (κ3) is 2.89. The quantitative estimate of drug-likeness (QED) is 0.864. The largest absolute Gasteiger partial charge is 0.294 e. The first-order valence-corrected chi connectivity index (χ1v) is 9.12. The number of carbonyl (C=O) groups is 1. The molecule has 1 fully saturated rings. The Bertz CT molecular complexity index is 727. The standard InChI is InChI=1S/C12H15N5O3S2/c18-11(15-12-13-8-14-16-12)9-4-1-2-6-17(9)22(19,20)10-5-3-7-21-10/h3,5,7-9H,1-2,4,6H2,(H2,13,14,15,16,18). The molecule has 1 aliphatic heterocycles. The molecule has 0 spiro atoms. The van der Waals surface area contributed by atoms with Crippen molar-refractivity contribution < 1.29 is 13.2 Å². The van der Waals surface area contributed by atoms with Crippen LogP contribution in [-0.4, -0.2) is 46.4 Å². The molecule has 8 nitrogen and oxygen atoms in total. The van der Waals surface area contributed by atoms with Gasteiger partial charge in [0.2, 0.25) is 11.9 Å². The Hall–Kier alpha value is -1.78. The van der Waals surface area contributed by atoms with Crippen LogP contribution in [0.4, 0.5) is 5.95 Å². The van der Waals surface area contributed by atoms with Gasteiger partial charge in [0.1, 0.15) is 16.6 Å². The number of nitrogens with one attached hydrogen (secondary N) is 2. The van der Waals surface area contributed by atoms with Gasteiger partial charge in [-0.1, -0.05) is 12.5 Å². The van der Waals surface area contributed by atoms with Crippen molar-refractivity contribution in [2.75, 3.05) is 11.9 Å². The number of H-pyrrole nitrogens is 1. The van der Waals surface area contributed by atoms with Crippen LogP contribution in [-0.2, 0) is 14.8 Å². The van der Waals surface area contributed by atoms with Crippen LogP contribution < -0.4 is 5.32 Å². The van der Waals surface area contributed by atoms with Crippen molar-refractivity contribution in [2.45, 2.75) is 29.5 Å². The molecule has 3 rings (SSSR count). The SMILES string of the molecule is O=C(Nc1ncn[nH]1)C1CCCCN1S(=O)(=O)c1cccs1. The van der Waals surface area contributed by atoms with Crippen LogP contribution in [0, 0.1) is 0 Å². The smallest absolute Gasteiger partial charge is 0.253 e. The van der Waals surface area contributed by atoms with Crippen LogP contribution in [0.2, 0.25) is 0 Å². The molecule has 1 amide bonds. The summed E-state index contributed by atoms with van der Waals surface area (Å²) in [5, 5.41) is 10.5. The van der Waals surface area contributed by atoms with Crippen LogP contribution in [0.5, 0.6) is 0 Å². The van der Waals surface area contributed by atoms with E-state index in [2.05, 4.69) is 20.5 Å². The Morgan fingerprint density at radius 3 is 3.00 bits per heavy atom. The lowest BCUT2D eigenvalue weighted by Gasteiger charge is -2.32. The summed E-state index contributed by atoms with van der Waals surface area (Å²) in [4.78, 5) is 16.2. The number of aromatic amines is 1. The van der Waals surface area contributed by atoms with E-state index in [1.54, 1.807) is 17.5 Å². The molecule has 1 saturated heterocycles. The summed E-state index contributed by atoms with van der Waals surface area (Å²) < 4.78 is 26.9. The van der Waals surface area contributed by atoms with Gasteiger partial charge in [0, 0.05) is 6.54 Å². The van der Waals surface area contributed by atoms with E-state index in [0.717, 1.165) is 24.2 Å². The van der Waals surface area contributed by atoms with Gasteiger partial charge in [-0.2, -0.15) is 14.4 Å². The molecule has 2 aromatic rings. The fraction of sp³-hybridized carbons (Fsp3) is 0.417. The molecule has 2 N–H and O–H groups in total. The van der Waals surface area contributed by atoms with Gasteiger partial charge in [-0.3, -0.25) is 10.1 Å². The van der Waals surface area contributed by atoms with E-state index in [-0.39, 0.29) is 10.2 Å². The second-order valence-electron chi connectivity index (χ2n) is 4.88. The number of rotatable bonds is 4. The Kier molecular flexibility index (Phi) is 4.23. The van der Waals surface area contributed by atoms with Crippen molar-refractivity contribution in [3.8, 4) is 0 Å². The summed E-state index contributed by atoms with van der Waals surface area (Å²) in [5.74, 6) is -0.180. The van der Waals surface area contributed by atoms with Crippen molar-refractivity contribution in [3.63, 3.8) is 0 Å². The van der Waals surface area contributed by atoms with Crippen LogP contribution in [0.1, 0.15) is 19.3 Å². The summed E-state index contributed by atoms with van der Waals surface area (Å²) in [6.45, 7) is 0.342. The van der Waals surface area contributed by atoms with Gasteiger partial charge >= 0.3 is 0 Å². The van der Waals surface area contributed by atoms with Gasteiger partial charge in [0.05, 0.1) is 0 Å². The Labute approximate surface area is 131 Å². The summed E-state index contributed by atoms with van der Waals surface area (Å²) in [7, 11) is -3.65. The Morgan fingerprint density at radius 1 is 1.45 bits per heavy atom. The number of anilines is 1. The van der Waals surface area contributed by atoms with Crippen molar-refractivity contribution >= 4 is 33.2 Å². The van der Waals surface area contributed by atoms with E-state index < -0.39 is 22.0 Å². The highest BCUT2D eigenvalue weighted by atomic mass is 32.2. The van der Waals surface area contributed by atoms with Gasteiger partial charge in [0.15, 0.2) is 0 Å². The number of carbonyl (C=O) groups excluding carboxylic acids is 1. The Balaban J connectivity index is 1.84. The zero-order valence-electron chi connectivity index (χ0n) is 11.6. The summed E-state index contributed by atoms with van der Waals surface area (Å²) in [5.41, 5.74) is 0.